The Hall–Kier alpha value is -2.76. The summed E-state index contributed by atoms with van der Waals surface area (Å²) in [4.78, 5) is 18.0. The van der Waals surface area contributed by atoms with E-state index >= 15 is 0 Å². The van der Waals surface area contributed by atoms with Crippen molar-refractivity contribution in [2.75, 3.05) is 20.2 Å². The van der Waals surface area contributed by atoms with Crippen LogP contribution >= 0.6 is 0 Å². The van der Waals surface area contributed by atoms with Gasteiger partial charge in [0.25, 0.3) is 0 Å². The first kappa shape index (κ1) is 16.1. The van der Waals surface area contributed by atoms with Crippen LogP contribution in [-0.4, -0.2) is 42.2 Å². The van der Waals surface area contributed by atoms with Crippen molar-refractivity contribution in [2.45, 2.75) is 19.6 Å². The first-order valence-corrected chi connectivity index (χ1v) is 7.91. The fourth-order valence-electron chi connectivity index (χ4n) is 2.46. The highest BCUT2D eigenvalue weighted by atomic mass is 16.6. The third kappa shape index (κ3) is 3.95. The van der Waals surface area contributed by atoms with E-state index in [9.17, 15) is 4.79 Å². The molecule has 6 nitrogen and oxygen atoms in total. The molecule has 0 saturated heterocycles. The van der Waals surface area contributed by atoms with Gasteiger partial charge in [-0.15, -0.1) is 0 Å². The van der Waals surface area contributed by atoms with Crippen LogP contribution in [0.2, 0.25) is 0 Å². The van der Waals surface area contributed by atoms with Crippen molar-refractivity contribution in [3.05, 3.63) is 53.9 Å². The van der Waals surface area contributed by atoms with Crippen LogP contribution in [0.1, 0.15) is 11.3 Å². The van der Waals surface area contributed by atoms with Gasteiger partial charge in [0.2, 0.25) is 0 Å². The average Bonchev–Trinajstić information content (AvgIpc) is 2.61. The number of urea groups is 1. The molecule has 1 aliphatic rings. The number of nitrogens with zero attached hydrogens (tertiary/aromatic N) is 2. The van der Waals surface area contributed by atoms with Crippen molar-refractivity contribution in [1.29, 1.82) is 0 Å². The van der Waals surface area contributed by atoms with E-state index in [0.717, 1.165) is 17.0 Å². The Labute approximate surface area is 141 Å². The summed E-state index contributed by atoms with van der Waals surface area (Å²) >= 11 is 0. The summed E-state index contributed by atoms with van der Waals surface area (Å²) < 4.78 is 11.5. The van der Waals surface area contributed by atoms with Gasteiger partial charge in [0, 0.05) is 25.5 Å². The van der Waals surface area contributed by atoms with Crippen LogP contribution in [0.15, 0.2) is 42.6 Å². The third-order valence-electron chi connectivity index (χ3n) is 3.81. The zero-order chi connectivity index (χ0) is 16.9. The number of fused-ring (bicyclic) bond motifs is 1. The van der Waals surface area contributed by atoms with Crippen molar-refractivity contribution in [3.63, 3.8) is 0 Å². The molecular formula is C18H21N3O3. The number of amides is 2. The molecule has 1 aliphatic heterocycles. The van der Waals surface area contributed by atoms with E-state index < -0.39 is 0 Å². The molecule has 2 heterocycles. The summed E-state index contributed by atoms with van der Waals surface area (Å²) in [5.74, 6) is 1.46. The normalized spacial score (nSPS) is 15.7. The number of para-hydroxylation sites is 2. The van der Waals surface area contributed by atoms with Gasteiger partial charge in [-0.3, -0.25) is 4.98 Å². The smallest absolute Gasteiger partial charge is 0.317 e. The number of hydrogen-bond acceptors (Lipinski definition) is 4. The Balaban J connectivity index is 1.49. The number of pyridine rings is 1. The van der Waals surface area contributed by atoms with Gasteiger partial charge in [0.05, 0.1) is 6.54 Å². The highest BCUT2D eigenvalue weighted by molar-refractivity contribution is 5.73. The van der Waals surface area contributed by atoms with E-state index in [0.29, 0.717) is 25.4 Å². The monoisotopic (exact) mass is 327 g/mol. The highest BCUT2D eigenvalue weighted by Gasteiger charge is 2.23. The molecular weight excluding hydrogens is 306 g/mol. The van der Waals surface area contributed by atoms with Gasteiger partial charge < -0.3 is 19.7 Å². The Morgan fingerprint density at radius 2 is 2.08 bits per heavy atom. The predicted molar refractivity (Wildman–Crippen MR) is 90.2 cm³/mol. The second-order valence-electron chi connectivity index (χ2n) is 5.84. The fourth-order valence-corrected chi connectivity index (χ4v) is 2.46. The van der Waals surface area contributed by atoms with Crippen molar-refractivity contribution in [2.24, 2.45) is 0 Å². The number of carbonyl (C=O) groups excluding carboxylic acids is 1. The zero-order valence-electron chi connectivity index (χ0n) is 13.9. The molecule has 1 N–H and O–H groups in total. The van der Waals surface area contributed by atoms with Gasteiger partial charge in [-0.1, -0.05) is 18.2 Å². The lowest BCUT2D eigenvalue weighted by molar-refractivity contribution is 0.0715. The number of likely N-dealkylation sites (N-methyl/N-ethyl adjacent to an activating group) is 1. The van der Waals surface area contributed by atoms with Crippen LogP contribution in [-0.2, 0) is 6.54 Å². The van der Waals surface area contributed by atoms with E-state index in [1.54, 1.807) is 18.1 Å². The Morgan fingerprint density at radius 3 is 2.83 bits per heavy atom. The molecule has 0 saturated carbocycles. The third-order valence-corrected chi connectivity index (χ3v) is 3.81. The minimum absolute atomic E-state index is 0.155. The molecule has 3 rings (SSSR count). The maximum atomic E-state index is 12.2. The molecule has 0 bridgehead atoms. The number of ether oxygens (including phenoxy) is 2. The summed E-state index contributed by atoms with van der Waals surface area (Å²) in [6.07, 6.45) is 1.58. The lowest BCUT2D eigenvalue weighted by atomic mass is 10.2. The highest BCUT2D eigenvalue weighted by Crippen LogP contribution is 2.30. The van der Waals surface area contributed by atoms with E-state index in [1.165, 1.54) is 0 Å². The molecule has 126 valence electrons. The maximum Gasteiger partial charge on any atom is 0.317 e. The van der Waals surface area contributed by atoms with Gasteiger partial charge in [-0.05, 0) is 30.7 Å². The molecule has 0 aliphatic carbocycles. The standard InChI is InChI=1S/C18H21N3O3/c1-13-7-8-14(9-19-13)10-20-18(22)21(2)11-15-12-23-16-5-3-4-6-17(16)24-15/h3-9,15H,10-12H2,1-2H3,(H,20,22)/t15-/m1/s1. The van der Waals surface area contributed by atoms with Crippen molar-refractivity contribution in [3.8, 4) is 11.5 Å². The van der Waals surface area contributed by atoms with E-state index in [4.69, 9.17) is 9.47 Å². The Bertz CT molecular complexity index is 703. The lowest BCUT2D eigenvalue weighted by Gasteiger charge is -2.29. The van der Waals surface area contributed by atoms with Crippen molar-refractivity contribution >= 4 is 6.03 Å². The van der Waals surface area contributed by atoms with Gasteiger partial charge >= 0.3 is 6.03 Å². The van der Waals surface area contributed by atoms with Crippen LogP contribution in [0.5, 0.6) is 11.5 Å². The van der Waals surface area contributed by atoms with Crippen LogP contribution in [0, 0.1) is 6.92 Å². The first-order valence-electron chi connectivity index (χ1n) is 7.91. The van der Waals surface area contributed by atoms with Gasteiger partial charge in [-0.25, -0.2) is 4.79 Å². The summed E-state index contributed by atoms with van der Waals surface area (Å²) in [5.41, 5.74) is 1.92. The largest absolute Gasteiger partial charge is 0.486 e. The van der Waals surface area contributed by atoms with Crippen LogP contribution < -0.4 is 14.8 Å². The summed E-state index contributed by atoms with van der Waals surface area (Å²) in [7, 11) is 1.74. The van der Waals surface area contributed by atoms with Gasteiger partial charge in [0.15, 0.2) is 17.6 Å². The van der Waals surface area contributed by atoms with E-state index in [-0.39, 0.29) is 12.1 Å². The summed E-state index contributed by atoms with van der Waals surface area (Å²) in [6.45, 7) is 3.25. The topological polar surface area (TPSA) is 63.7 Å². The molecule has 1 aromatic carbocycles. The minimum Gasteiger partial charge on any atom is -0.486 e. The molecule has 1 aromatic heterocycles. The number of aryl methyl sites for hydroxylation is 1. The minimum atomic E-state index is -0.184. The number of aromatic nitrogens is 1. The second-order valence-corrected chi connectivity index (χ2v) is 5.84. The molecule has 0 radical (unpaired) electrons. The number of benzene rings is 1. The zero-order valence-corrected chi connectivity index (χ0v) is 13.9. The van der Waals surface area contributed by atoms with Gasteiger partial charge in [-0.2, -0.15) is 0 Å². The Kier molecular flexibility index (Phi) is 4.84. The maximum absolute atomic E-state index is 12.2. The second kappa shape index (κ2) is 7.21. The molecule has 1 atom stereocenters. The summed E-state index contributed by atoms with van der Waals surface area (Å²) in [5, 5.41) is 2.88. The molecule has 0 fully saturated rings. The SMILES string of the molecule is Cc1ccc(CNC(=O)N(C)C[C@@H]2COc3ccccc3O2)cn1. The molecule has 0 spiro atoms. The molecule has 24 heavy (non-hydrogen) atoms. The molecule has 2 aromatic rings. The lowest BCUT2D eigenvalue weighted by Crippen LogP contribution is -2.45. The Morgan fingerprint density at radius 1 is 1.29 bits per heavy atom. The summed E-state index contributed by atoms with van der Waals surface area (Å²) in [6, 6.07) is 11.3. The number of hydrogen-bond donors (Lipinski definition) is 1. The number of rotatable bonds is 4. The van der Waals surface area contributed by atoms with Crippen LogP contribution in [0.4, 0.5) is 4.79 Å². The van der Waals surface area contributed by atoms with Gasteiger partial charge in [0.1, 0.15) is 6.61 Å². The predicted octanol–water partition coefficient (Wildman–Crippen LogP) is 2.37. The number of carbonyl (C=O) groups is 1. The van der Waals surface area contributed by atoms with Crippen LogP contribution in [0.3, 0.4) is 0 Å². The van der Waals surface area contributed by atoms with Crippen molar-refractivity contribution in [1.82, 2.24) is 15.2 Å². The quantitative estimate of drug-likeness (QED) is 0.936. The van der Waals surface area contributed by atoms with E-state index in [1.807, 2.05) is 43.3 Å². The molecule has 6 heteroatoms. The average molecular weight is 327 g/mol. The molecule has 2 amide bonds. The van der Waals surface area contributed by atoms with E-state index in [2.05, 4.69) is 10.3 Å². The molecule has 0 unspecified atom stereocenters. The first-order chi connectivity index (χ1) is 11.6. The van der Waals surface area contributed by atoms with Crippen LogP contribution in [0.25, 0.3) is 0 Å². The number of nitrogens with one attached hydrogen (secondary N) is 1. The van der Waals surface area contributed by atoms with Crippen molar-refractivity contribution < 1.29 is 14.3 Å². The fraction of sp³-hybridized carbons (Fsp3) is 0.333.